The van der Waals surface area contributed by atoms with Crippen LogP contribution >= 0.6 is 23.2 Å². The number of halogens is 2. The SMILES string of the molecule is CCCC(COC)Nc1cc(Cl)c(Cl)cc1[N+](=O)[O-]. The normalized spacial score (nSPS) is 12.2. The summed E-state index contributed by atoms with van der Waals surface area (Å²) in [5.74, 6) is 0. The summed E-state index contributed by atoms with van der Waals surface area (Å²) >= 11 is 11.7. The van der Waals surface area contributed by atoms with E-state index in [4.69, 9.17) is 27.9 Å². The maximum Gasteiger partial charge on any atom is 0.293 e. The van der Waals surface area contributed by atoms with Gasteiger partial charge in [0.05, 0.1) is 21.6 Å². The lowest BCUT2D eigenvalue weighted by molar-refractivity contribution is -0.384. The zero-order valence-electron chi connectivity index (χ0n) is 10.8. The maximum atomic E-state index is 11.0. The van der Waals surface area contributed by atoms with E-state index in [1.54, 1.807) is 7.11 Å². The first-order chi connectivity index (χ1) is 8.99. The monoisotopic (exact) mass is 306 g/mol. The highest BCUT2D eigenvalue weighted by Gasteiger charge is 2.19. The molecule has 0 radical (unpaired) electrons. The van der Waals surface area contributed by atoms with Crippen molar-refractivity contribution in [3.05, 3.63) is 32.3 Å². The van der Waals surface area contributed by atoms with Crippen LogP contribution in [0.5, 0.6) is 0 Å². The van der Waals surface area contributed by atoms with Crippen molar-refractivity contribution in [2.45, 2.75) is 25.8 Å². The minimum absolute atomic E-state index is 0.00839. The molecule has 1 aromatic carbocycles. The van der Waals surface area contributed by atoms with Crippen LogP contribution in [0.15, 0.2) is 12.1 Å². The molecule has 106 valence electrons. The first-order valence-electron chi connectivity index (χ1n) is 5.88. The zero-order chi connectivity index (χ0) is 14.4. The second-order valence-electron chi connectivity index (χ2n) is 4.13. The summed E-state index contributed by atoms with van der Waals surface area (Å²) in [6.45, 7) is 2.50. The molecule has 0 saturated carbocycles. The minimum atomic E-state index is -0.486. The highest BCUT2D eigenvalue weighted by molar-refractivity contribution is 6.42. The predicted molar refractivity (Wildman–Crippen MR) is 77.3 cm³/mol. The Kier molecular flexibility index (Phi) is 6.34. The number of nitro benzene ring substituents is 1. The van der Waals surface area contributed by atoms with E-state index in [9.17, 15) is 10.1 Å². The van der Waals surface area contributed by atoms with Gasteiger partial charge in [-0.25, -0.2) is 0 Å². The van der Waals surface area contributed by atoms with E-state index in [0.717, 1.165) is 12.8 Å². The number of nitrogens with zero attached hydrogens (tertiary/aromatic N) is 1. The third kappa shape index (κ3) is 4.53. The summed E-state index contributed by atoms with van der Waals surface area (Å²) in [5, 5.41) is 14.5. The molecule has 0 fully saturated rings. The van der Waals surface area contributed by atoms with Gasteiger partial charge in [-0.1, -0.05) is 36.5 Å². The Hall–Kier alpha value is -1.04. The molecule has 0 saturated heterocycles. The van der Waals surface area contributed by atoms with Gasteiger partial charge in [-0.3, -0.25) is 10.1 Å². The van der Waals surface area contributed by atoms with Gasteiger partial charge in [-0.15, -0.1) is 0 Å². The summed E-state index contributed by atoms with van der Waals surface area (Å²) in [6.07, 6.45) is 1.78. The number of benzene rings is 1. The molecule has 7 heteroatoms. The molecule has 0 spiro atoms. The Labute approximate surface area is 122 Å². The summed E-state index contributed by atoms with van der Waals surface area (Å²) < 4.78 is 5.09. The summed E-state index contributed by atoms with van der Waals surface area (Å²) in [4.78, 5) is 10.5. The van der Waals surface area contributed by atoms with Crippen molar-refractivity contribution in [3.8, 4) is 0 Å². The molecule has 5 nitrogen and oxygen atoms in total. The molecule has 1 aromatic rings. The lowest BCUT2D eigenvalue weighted by Crippen LogP contribution is -2.25. The Morgan fingerprint density at radius 2 is 2.05 bits per heavy atom. The Bertz CT molecular complexity index is 449. The smallest absolute Gasteiger partial charge is 0.293 e. The number of anilines is 1. The summed E-state index contributed by atoms with van der Waals surface area (Å²) in [7, 11) is 1.59. The van der Waals surface area contributed by atoms with Crippen LogP contribution in [0.25, 0.3) is 0 Å². The average molecular weight is 307 g/mol. The van der Waals surface area contributed by atoms with Crippen LogP contribution in [0.4, 0.5) is 11.4 Å². The first-order valence-corrected chi connectivity index (χ1v) is 6.64. The van der Waals surface area contributed by atoms with Crippen molar-refractivity contribution in [1.29, 1.82) is 0 Å². The van der Waals surface area contributed by atoms with Crippen LogP contribution in [-0.2, 0) is 4.74 Å². The van der Waals surface area contributed by atoms with Crippen LogP contribution in [0.2, 0.25) is 10.0 Å². The van der Waals surface area contributed by atoms with Crippen LogP contribution in [-0.4, -0.2) is 24.7 Å². The molecular formula is C12H16Cl2N2O3. The van der Waals surface area contributed by atoms with E-state index >= 15 is 0 Å². The minimum Gasteiger partial charge on any atom is -0.383 e. The standard InChI is InChI=1S/C12H16Cl2N2O3/c1-3-4-8(7-19-2)15-11-5-9(13)10(14)6-12(11)16(17)18/h5-6,8,15H,3-4,7H2,1-2H3. The number of rotatable bonds is 7. The molecular weight excluding hydrogens is 291 g/mol. The molecule has 0 aliphatic heterocycles. The van der Waals surface area contributed by atoms with Gasteiger partial charge in [0.15, 0.2) is 0 Å². The van der Waals surface area contributed by atoms with E-state index in [1.165, 1.54) is 12.1 Å². The summed E-state index contributed by atoms with van der Waals surface area (Å²) in [6, 6.07) is 2.72. The molecule has 1 rings (SSSR count). The second kappa shape index (κ2) is 7.53. The number of ether oxygens (including phenoxy) is 1. The Morgan fingerprint density at radius 1 is 1.42 bits per heavy atom. The third-order valence-corrected chi connectivity index (χ3v) is 3.32. The average Bonchev–Trinajstić information content (AvgIpc) is 2.33. The summed E-state index contributed by atoms with van der Waals surface area (Å²) in [5.41, 5.74) is 0.265. The van der Waals surface area contributed by atoms with Crippen molar-refractivity contribution < 1.29 is 9.66 Å². The van der Waals surface area contributed by atoms with Crippen molar-refractivity contribution >= 4 is 34.6 Å². The lowest BCUT2D eigenvalue weighted by Gasteiger charge is -2.18. The molecule has 0 aliphatic carbocycles. The predicted octanol–water partition coefficient (Wildman–Crippen LogP) is 4.13. The number of nitrogens with one attached hydrogen (secondary N) is 1. The van der Waals surface area contributed by atoms with E-state index in [2.05, 4.69) is 5.32 Å². The molecule has 0 bridgehead atoms. The lowest BCUT2D eigenvalue weighted by atomic mass is 10.1. The highest BCUT2D eigenvalue weighted by atomic mass is 35.5. The van der Waals surface area contributed by atoms with Crippen LogP contribution in [0, 0.1) is 10.1 Å². The molecule has 1 atom stereocenters. The van der Waals surface area contributed by atoms with Gasteiger partial charge >= 0.3 is 0 Å². The Balaban J connectivity index is 3.03. The van der Waals surface area contributed by atoms with Crippen LogP contribution in [0.3, 0.4) is 0 Å². The van der Waals surface area contributed by atoms with Crippen LogP contribution < -0.4 is 5.32 Å². The zero-order valence-corrected chi connectivity index (χ0v) is 12.3. The molecule has 0 amide bonds. The third-order valence-electron chi connectivity index (χ3n) is 2.60. The second-order valence-corrected chi connectivity index (χ2v) is 4.94. The van der Waals surface area contributed by atoms with Crippen molar-refractivity contribution in [1.82, 2.24) is 0 Å². The maximum absolute atomic E-state index is 11.0. The number of methoxy groups -OCH3 is 1. The van der Waals surface area contributed by atoms with E-state index in [-0.39, 0.29) is 21.8 Å². The first kappa shape index (κ1) is 16.0. The van der Waals surface area contributed by atoms with Gasteiger partial charge < -0.3 is 10.1 Å². The van der Waals surface area contributed by atoms with Crippen LogP contribution in [0.1, 0.15) is 19.8 Å². The number of nitro groups is 1. The molecule has 0 aromatic heterocycles. The number of hydrogen-bond acceptors (Lipinski definition) is 4. The van der Waals surface area contributed by atoms with Gasteiger partial charge in [-0.2, -0.15) is 0 Å². The largest absolute Gasteiger partial charge is 0.383 e. The van der Waals surface area contributed by atoms with Crippen molar-refractivity contribution in [2.24, 2.45) is 0 Å². The fourth-order valence-electron chi connectivity index (χ4n) is 1.77. The van der Waals surface area contributed by atoms with E-state index in [1.807, 2.05) is 6.92 Å². The highest BCUT2D eigenvalue weighted by Crippen LogP contribution is 2.34. The van der Waals surface area contributed by atoms with Gasteiger partial charge in [0.2, 0.25) is 0 Å². The molecule has 1 unspecified atom stereocenters. The van der Waals surface area contributed by atoms with Gasteiger partial charge in [0, 0.05) is 19.2 Å². The fourth-order valence-corrected chi connectivity index (χ4v) is 2.09. The quantitative estimate of drug-likeness (QED) is 0.607. The topological polar surface area (TPSA) is 64.4 Å². The van der Waals surface area contributed by atoms with E-state index in [0.29, 0.717) is 12.3 Å². The van der Waals surface area contributed by atoms with Gasteiger partial charge in [0.1, 0.15) is 5.69 Å². The van der Waals surface area contributed by atoms with E-state index < -0.39 is 4.92 Å². The van der Waals surface area contributed by atoms with Gasteiger partial charge in [-0.05, 0) is 12.5 Å². The molecule has 19 heavy (non-hydrogen) atoms. The Morgan fingerprint density at radius 3 is 2.58 bits per heavy atom. The number of hydrogen-bond donors (Lipinski definition) is 1. The van der Waals surface area contributed by atoms with Gasteiger partial charge in [0.25, 0.3) is 5.69 Å². The molecule has 0 heterocycles. The van der Waals surface area contributed by atoms with Crippen molar-refractivity contribution in [2.75, 3.05) is 19.0 Å². The molecule has 1 N–H and O–H groups in total. The molecule has 0 aliphatic rings. The fraction of sp³-hybridized carbons (Fsp3) is 0.500. The van der Waals surface area contributed by atoms with Crippen molar-refractivity contribution in [3.63, 3.8) is 0 Å².